The molecule has 0 aliphatic carbocycles. The van der Waals surface area contributed by atoms with E-state index in [4.69, 9.17) is 0 Å². The largest absolute Gasteiger partial charge is 0.349 e. The van der Waals surface area contributed by atoms with E-state index in [1.54, 1.807) is 22.5 Å². The standard InChI is InChI=1S/C19H30N6O3S/c1-6-24-12-18(15(4)22-24)29(27,28)25-9-7-8-16(10-25)19(26)20-13(2)17-11-23(5)21-14(17)3/h11-13,16H,6-10H2,1-5H3,(H,20,26). The minimum absolute atomic E-state index is 0.123. The van der Waals surface area contributed by atoms with Crippen molar-refractivity contribution in [1.82, 2.24) is 29.2 Å². The predicted molar refractivity (Wildman–Crippen MR) is 109 cm³/mol. The zero-order valence-corrected chi connectivity index (χ0v) is 18.5. The molecule has 0 saturated carbocycles. The van der Waals surface area contributed by atoms with E-state index in [-0.39, 0.29) is 29.3 Å². The number of carbonyl (C=O) groups is 1. The van der Waals surface area contributed by atoms with Gasteiger partial charge in [0.05, 0.1) is 23.3 Å². The molecule has 0 bridgehead atoms. The van der Waals surface area contributed by atoms with Gasteiger partial charge in [-0.15, -0.1) is 0 Å². The first-order valence-electron chi connectivity index (χ1n) is 9.98. The number of nitrogens with one attached hydrogen (secondary N) is 1. The molecule has 10 heteroatoms. The fourth-order valence-corrected chi connectivity index (χ4v) is 5.57. The fraction of sp³-hybridized carbons (Fsp3) is 0.632. The van der Waals surface area contributed by atoms with Crippen molar-refractivity contribution >= 4 is 15.9 Å². The minimum Gasteiger partial charge on any atom is -0.349 e. The maximum atomic E-state index is 13.1. The summed E-state index contributed by atoms with van der Waals surface area (Å²) in [6.07, 6.45) is 4.79. The van der Waals surface area contributed by atoms with Gasteiger partial charge in [-0.05, 0) is 40.5 Å². The van der Waals surface area contributed by atoms with Gasteiger partial charge >= 0.3 is 0 Å². The first kappa shape index (κ1) is 21.5. The Labute approximate surface area is 172 Å². The lowest BCUT2D eigenvalue weighted by molar-refractivity contribution is -0.126. The highest BCUT2D eigenvalue weighted by Gasteiger charge is 2.35. The van der Waals surface area contributed by atoms with Crippen LogP contribution in [0.3, 0.4) is 0 Å². The van der Waals surface area contributed by atoms with Crippen LogP contribution >= 0.6 is 0 Å². The zero-order valence-electron chi connectivity index (χ0n) is 17.7. The number of rotatable bonds is 6. The van der Waals surface area contributed by atoms with Gasteiger partial charge in [-0.25, -0.2) is 8.42 Å². The predicted octanol–water partition coefficient (Wildman–Crippen LogP) is 1.53. The summed E-state index contributed by atoms with van der Waals surface area (Å²) in [5, 5.41) is 11.6. The lowest BCUT2D eigenvalue weighted by atomic mass is 9.98. The molecule has 1 amide bonds. The Morgan fingerprint density at radius 2 is 2.00 bits per heavy atom. The summed E-state index contributed by atoms with van der Waals surface area (Å²) in [5.41, 5.74) is 2.32. The highest BCUT2D eigenvalue weighted by atomic mass is 32.2. The SMILES string of the molecule is CCn1cc(S(=O)(=O)N2CCCC(C(=O)NC(C)c3cn(C)nc3C)C2)c(C)n1. The average molecular weight is 423 g/mol. The van der Waals surface area contributed by atoms with E-state index >= 15 is 0 Å². The number of hydrogen-bond acceptors (Lipinski definition) is 5. The molecule has 2 atom stereocenters. The minimum atomic E-state index is -3.68. The molecular formula is C19H30N6O3S. The van der Waals surface area contributed by atoms with Gasteiger partial charge < -0.3 is 5.32 Å². The van der Waals surface area contributed by atoms with Crippen molar-refractivity contribution in [3.63, 3.8) is 0 Å². The van der Waals surface area contributed by atoms with Gasteiger partial charge in [0.1, 0.15) is 4.90 Å². The molecule has 1 N–H and O–H groups in total. The second-order valence-corrected chi connectivity index (χ2v) is 9.62. The first-order valence-corrected chi connectivity index (χ1v) is 11.4. The molecule has 29 heavy (non-hydrogen) atoms. The second-order valence-electron chi connectivity index (χ2n) is 7.71. The third-order valence-electron chi connectivity index (χ3n) is 5.47. The smallest absolute Gasteiger partial charge is 0.246 e. The van der Waals surface area contributed by atoms with Crippen LogP contribution in [-0.2, 0) is 28.4 Å². The molecule has 1 saturated heterocycles. The van der Waals surface area contributed by atoms with Crippen molar-refractivity contribution in [2.24, 2.45) is 13.0 Å². The van der Waals surface area contributed by atoms with Crippen LogP contribution in [0.1, 0.15) is 49.7 Å². The van der Waals surface area contributed by atoms with E-state index in [9.17, 15) is 13.2 Å². The van der Waals surface area contributed by atoms with Crippen LogP contribution in [0.4, 0.5) is 0 Å². The van der Waals surface area contributed by atoms with Crippen LogP contribution in [-0.4, -0.2) is 51.3 Å². The van der Waals surface area contributed by atoms with Crippen LogP contribution < -0.4 is 5.32 Å². The topological polar surface area (TPSA) is 102 Å². The molecule has 9 nitrogen and oxygen atoms in total. The lowest BCUT2D eigenvalue weighted by Crippen LogP contribution is -2.45. The van der Waals surface area contributed by atoms with Crippen molar-refractivity contribution in [3.05, 3.63) is 29.3 Å². The van der Waals surface area contributed by atoms with E-state index in [0.29, 0.717) is 31.6 Å². The molecule has 3 rings (SSSR count). The molecule has 1 aliphatic rings. The van der Waals surface area contributed by atoms with Crippen molar-refractivity contribution in [1.29, 1.82) is 0 Å². The normalized spacial score (nSPS) is 19.3. The number of piperidine rings is 1. The van der Waals surface area contributed by atoms with E-state index in [0.717, 1.165) is 11.3 Å². The summed E-state index contributed by atoms with van der Waals surface area (Å²) in [4.78, 5) is 13.1. The van der Waals surface area contributed by atoms with Crippen LogP contribution in [0.15, 0.2) is 17.3 Å². The van der Waals surface area contributed by atoms with Crippen LogP contribution in [0.5, 0.6) is 0 Å². The Morgan fingerprint density at radius 3 is 2.59 bits per heavy atom. The molecule has 2 aromatic heterocycles. The third-order valence-corrected chi connectivity index (χ3v) is 7.44. The molecule has 3 heterocycles. The summed E-state index contributed by atoms with van der Waals surface area (Å²) in [6, 6.07) is -0.187. The van der Waals surface area contributed by atoms with Gasteiger partial charge in [0, 0.05) is 44.6 Å². The second kappa shape index (κ2) is 8.27. The summed E-state index contributed by atoms with van der Waals surface area (Å²) < 4.78 is 31.0. The average Bonchev–Trinajstić information content (AvgIpc) is 3.23. The van der Waals surface area contributed by atoms with Gasteiger partial charge in [0.15, 0.2) is 0 Å². The van der Waals surface area contributed by atoms with Gasteiger partial charge in [0.2, 0.25) is 15.9 Å². The third kappa shape index (κ3) is 4.37. The number of sulfonamides is 1. The van der Waals surface area contributed by atoms with Crippen molar-refractivity contribution < 1.29 is 13.2 Å². The number of amides is 1. The highest BCUT2D eigenvalue weighted by molar-refractivity contribution is 7.89. The highest BCUT2D eigenvalue weighted by Crippen LogP contribution is 2.26. The molecule has 0 spiro atoms. The maximum Gasteiger partial charge on any atom is 0.246 e. The number of aryl methyl sites for hydroxylation is 4. The summed E-state index contributed by atoms with van der Waals surface area (Å²) in [7, 11) is -1.83. The van der Waals surface area contributed by atoms with Gasteiger partial charge in [-0.1, -0.05) is 0 Å². The Bertz CT molecular complexity index is 994. The summed E-state index contributed by atoms with van der Waals surface area (Å²) in [5.74, 6) is -0.499. The van der Waals surface area contributed by atoms with Gasteiger partial charge in [0.25, 0.3) is 0 Å². The summed E-state index contributed by atoms with van der Waals surface area (Å²) in [6.45, 7) is 8.64. The Morgan fingerprint density at radius 1 is 1.28 bits per heavy atom. The number of hydrogen-bond donors (Lipinski definition) is 1. The summed E-state index contributed by atoms with van der Waals surface area (Å²) >= 11 is 0. The van der Waals surface area contributed by atoms with Crippen molar-refractivity contribution in [3.8, 4) is 0 Å². The molecule has 2 unspecified atom stereocenters. The molecule has 2 aromatic rings. The molecule has 0 radical (unpaired) electrons. The quantitative estimate of drug-likeness (QED) is 0.761. The Kier molecular flexibility index (Phi) is 6.13. The van der Waals surface area contributed by atoms with E-state index in [1.807, 2.05) is 34.0 Å². The first-order chi connectivity index (χ1) is 13.6. The molecule has 160 valence electrons. The molecule has 1 fully saturated rings. The van der Waals surface area contributed by atoms with Crippen LogP contribution in [0, 0.1) is 19.8 Å². The fourth-order valence-electron chi connectivity index (χ4n) is 3.88. The lowest BCUT2D eigenvalue weighted by Gasteiger charge is -2.31. The van der Waals surface area contributed by atoms with E-state index in [2.05, 4.69) is 15.5 Å². The Hall–Kier alpha value is -2.20. The number of nitrogens with zero attached hydrogens (tertiary/aromatic N) is 5. The molecule has 1 aliphatic heterocycles. The van der Waals surface area contributed by atoms with Crippen LogP contribution in [0.2, 0.25) is 0 Å². The monoisotopic (exact) mass is 422 g/mol. The van der Waals surface area contributed by atoms with Crippen LogP contribution in [0.25, 0.3) is 0 Å². The van der Waals surface area contributed by atoms with Gasteiger partial charge in [-0.3, -0.25) is 14.2 Å². The zero-order chi connectivity index (χ0) is 21.3. The van der Waals surface area contributed by atoms with E-state index < -0.39 is 10.0 Å². The van der Waals surface area contributed by atoms with Crippen molar-refractivity contribution in [2.45, 2.75) is 58.0 Å². The maximum absolute atomic E-state index is 13.1. The molecular weight excluding hydrogens is 392 g/mol. The number of aromatic nitrogens is 4. The van der Waals surface area contributed by atoms with E-state index in [1.165, 1.54) is 4.31 Å². The molecule has 0 aromatic carbocycles. The van der Waals surface area contributed by atoms with Crippen molar-refractivity contribution in [2.75, 3.05) is 13.1 Å². The Balaban J connectivity index is 1.72. The van der Waals surface area contributed by atoms with Gasteiger partial charge in [-0.2, -0.15) is 14.5 Å². The number of carbonyl (C=O) groups excluding carboxylic acids is 1.